The summed E-state index contributed by atoms with van der Waals surface area (Å²) in [5.74, 6) is -0.152. The monoisotopic (exact) mass is 318 g/mol. The van der Waals surface area contributed by atoms with Gasteiger partial charge in [-0.2, -0.15) is 0 Å². The average molecular weight is 318 g/mol. The highest BCUT2D eigenvalue weighted by Crippen LogP contribution is 2.19. The molecule has 0 radical (unpaired) electrons. The molecule has 23 heavy (non-hydrogen) atoms. The van der Waals surface area contributed by atoms with Gasteiger partial charge in [-0.15, -0.1) is 0 Å². The molecule has 1 N–H and O–H groups in total. The molecule has 2 heterocycles. The third-order valence-electron chi connectivity index (χ3n) is 4.20. The highest BCUT2D eigenvalue weighted by Gasteiger charge is 2.29. The predicted molar refractivity (Wildman–Crippen MR) is 85.3 cm³/mol. The standard InChI is InChI=1S/C17H22N2O4/c1-12-4-6-13(7-5-12)19-10-14(23-11-16(19)20)9-18-17(21)15-3-2-8-22-15/h4-7,14-15H,2-3,8-11H2,1H3,(H,18,21). The van der Waals surface area contributed by atoms with Gasteiger partial charge in [-0.05, 0) is 31.9 Å². The number of amides is 2. The van der Waals surface area contributed by atoms with Crippen molar-refractivity contribution in [2.24, 2.45) is 0 Å². The molecule has 1 aromatic rings. The van der Waals surface area contributed by atoms with Gasteiger partial charge in [0.05, 0.1) is 12.6 Å². The van der Waals surface area contributed by atoms with Crippen molar-refractivity contribution in [3.8, 4) is 0 Å². The molecule has 2 aliphatic heterocycles. The Morgan fingerprint density at radius 3 is 2.78 bits per heavy atom. The lowest BCUT2D eigenvalue weighted by atomic mass is 10.1. The Hall–Kier alpha value is -1.92. The molecule has 2 aliphatic rings. The summed E-state index contributed by atoms with van der Waals surface area (Å²) in [5, 5.41) is 2.86. The number of benzene rings is 1. The van der Waals surface area contributed by atoms with Crippen LogP contribution in [0, 0.1) is 6.92 Å². The summed E-state index contributed by atoms with van der Waals surface area (Å²) < 4.78 is 10.9. The van der Waals surface area contributed by atoms with Gasteiger partial charge in [0.15, 0.2) is 0 Å². The topological polar surface area (TPSA) is 67.9 Å². The van der Waals surface area contributed by atoms with Crippen LogP contribution in [0.3, 0.4) is 0 Å². The number of rotatable bonds is 4. The number of aryl methyl sites for hydroxylation is 1. The lowest BCUT2D eigenvalue weighted by molar-refractivity contribution is -0.132. The average Bonchev–Trinajstić information content (AvgIpc) is 3.09. The number of carbonyl (C=O) groups is 2. The maximum atomic E-state index is 12.1. The minimum atomic E-state index is -0.339. The molecule has 2 amide bonds. The summed E-state index contributed by atoms with van der Waals surface area (Å²) in [6, 6.07) is 7.82. The van der Waals surface area contributed by atoms with Crippen molar-refractivity contribution in [3.05, 3.63) is 29.8 Å². The molecular formula is C17H22N2O4. The number of hydrogen-bond acceptors (Lipinski definition) is 4. The molecule has 2 fully saturated rings. The first-order valence-corrected chi connectivity index (χ1v) is 8.01. The van der Waals surface area contributed by atoms with Crippen molar-refractivity contribution < 1.29 is 19.1 Å². The van der Waals surface area contributed by atoms with Gasteiger partial charge in [0, 0.05) is 18.8 Å². The van der Waals surface area contributed by atoms with Crippen molar-refractivity contribution in [3.63, 3.8) is 0 Å². The molecule has 124 valence electrons. The van der Waals surface area contributed by atoms with E-state index in [1.807, 2.05) is 31.2 Å². The maximum absolute atomic E-state index is 12.1. The number of carbonyl (C=O) groups excluding carboxylic acids is 2. The van der Waals surface area contributed by atoms with Gasteiger partial charge in [0.1, 0.15) is 12.7 Å². The van der Waals surface area contributed by atoms with Crippen LogP contribution in [0.5, 0.6) is 0 Å². The van der Waals surface area contributed by atoms with Crippen LogP contribution in [0.1, 0.15) is 18.4 Å². The molecule has 0 saturated carbocycles. The molecule has 2 unspecified atom stereocenters. The molecule has 0 aromatic heterocycles. The number of hydrogen-bond donors (Lipinski definition) is 1. The molecule has 2 saturated heterocycles. The predicted octanol–water partition coefficient (Wildman–Crippen LogP) is 1.02. The van der Waals surface area contributed by atoms with Crippen molar-refractivity contribution in [2.45, 2.75) is 32.0 Å². The van der Waals surface area contributed by atoms with E-state index in [2.05, 4.69) is 5.32 Å². The lowest BCUT2D eigenvalue weighted by Crippen LogP contribution is -2.51. The molecule has 6 nitrogen and oxygen atoms in total. The minimum Gasteiger partial charge on any atom is -0.368 e. The largest absolute Gasteiger partial charge is 0.368 e. The van der Waals surface area contributed by atoms with E-state index in [9.17, 15) is 9.59 Å². The van der Waals surface area contributed by atoms with Crippen molar-refractivity contribution in [1.82, 2.24) is 5.32 Å². The zero-order valence-corrected chi connectivity index (χ0v) is 13.3. The van der Waals surface area contributed by atoms with Crippen LogP contribution in [0.25, 0.3) is 0 Å². The van der Waals surface area contributed by atoms with Crippen LogP contribution >= 0.6 is 0 Å². The number of anilines is 1. The molecule has 6 heteroatoms. The Morgan fingerprint density at radius 1 is 1.30 bits per heavy atom. The van der Waals surface area contributed by atoms with Gasteiger partial charge in [-0.1, -0.05) is 17.7 Å². The van der Waals surface area contributed by atoms with E-state index >= 15 is 0 Å². The molecule has 2 atom stereocenters. The Bertz CT molecular complexity index is 566. The Balaban J connectivity index is 1.56. The second-order valence-electron chi connectivity index (χ2n) is 6.02. The third kappa shape index (κ3) is 3.89. The highest BCUT2D eigenvalue weighted by atomic mass is 16.5. The van der Waals surface area contributed by atoms with Crippen LogP contribution in [0.4, 0.5) is 5.69 Å². The number of morpholine rings is 1. The van der Waals surface area contributed by atoms with E-state index in [0.29, 0.717) is 19.7 Å². The van der Waals surface area contributed by atoms with E-state index in [0.717, 1.165) is 24.1 Å². The fraction of sp³-hybridized carbons (Fsp3) is 0.529. The number of nitrogens with one attached hydrogen (secondary N) is 1. The quantitative estimate of drug-likeness (QED) is 0.900. The first kappa shape index (κ1) is 16.0. The summed E-state index contributed by atoms with van der Waals surface area (Å²) in [7, 11) is 0. The second kappa shape index (κ2) is 7.10. The van der Waals surface area contributed by atoms with Crippen molar-refractivity contribution in [1.29, 1.82) is 0 Å². The fourth-order valence-corrected chi connectivity index (χ4v) is 2.84. The summed E-state index contributed by atoms with van der Waals surface area (Å²) in [6.07, 6.45) is 1.15. The van der Waals surface area contributed by atoms with E-state index in [4.69, 9.17) is 9.47 Å². The highest BCUT2D eigenvalue weighted by molar-refractivity contribution is 5.95. The molecule has 0 bridgehead atoms. The van der Waals surface area contributed by atoms with Crippen LogP contribution in [-0.2, 0) is 19.1 Å². The zero-order valence-electron chi connectivity index (χ0n) is 13.3. The number of ether oxygens (including phenoxy) is 2. The normalized spacial score (nSPS) is 24.7. The van der Waals surface area contributed by atoms with Gasteiger partial charge < -0.3 is 19.7 Å². The van der Waals surface area contributed by atoms with Crippen LogP contribution in [-0.4, -0.2) is 50.3 Å². The molecular weight excluding hydrogens is 296 g/mol. The Kier molecular flexibility index (Phi) is 4.93. The Morgan fingerprint density at radius 2 is 2.09 bits per heavy atom. The van der Waals surface area contributed by atoms with Crippen LogP contribution in [0.2, 0.25) is 0 Å². The first-order valence-electron chi connectivity index (χ1n) is 8.01. The zero-order chi connectivity index (χ0) is 16.2. The molecule has 0 spiro atoms. The lowest BCUT2D eigenvalue weighted by Gasteiger charge is -2.33. The first-order chi connectivity index (χ1) is 11.1. The smallest absolute Gasteiger partial charge is 0.253 e. The van der Waals surface area contributed by atoms with Crippen molar-refractivity contribution >= 4 is 17.5 Å². The summed E-state index contributed by atoms with van der Waals surface area (Å²) >= 11 is 0. The maximum Gasteiger partial charge on any atom is 0.253 e. The Labute approximate surface area is 135 Å². The SMILES string of the molecule is Cc1ccc(N2CC(CNC(=O)C3CCCO3)OCC2=O)cc1. The number of nitrogens with zero attached hydrogens (tertiary/aromatic N) is 1. The van der Waals surface area contributed by atoms with Gasteiger partial charge in [-0.3, -0.25) is 9.59 Å². The van der Waals surface area contributed by atoms with Crippen molar-refractivity contribution in [2.75, 3.05) is 31.2 Å². The molecule has 3 rings (SSSR count). The fourth-order valence-electron chi connectivity index (χ4n) is 2.84. The second-order valence-corrected chi connectivity index (χ2v) is 6.02. The van der Waals surface area contributed by atoms with Gasteiger partial charge in [0.25, 0.3) is 5.91 Å². The summed E-state index contributed by atoms with van der Waals surface area (Å²) in [5.41, 5.74) is 2.01. The van der Waals surface area contributed by atoms with Gasteiger partial charge >= 0.3 is 0 Å². The van der Waals surface area contributed by atoms with Gasteiger partial charge in [-0.25, -0.2) is 0 Å². The molecule has 0 aliphatic carbocycles. The summed E-state index contributed by atoms with van der Waals surface area (Å²) in [6.45, 7) is 3.51. The van der Waals surface area contributed by atoms with E-state index < -0.39 is 0 Å². The minimum absolute atomic E-state index is 0.0361. The van der Waals surface area contributed by atoms with Crippen LogP contribution in [0.15, 0.2) is 24.3 Å². The summed E-state index contributed by atoms with van der Waals surface area (Å²) in [4.78, 5) is 25.7. The van der Waals surface area contributed by atoms with E-state index in [1.165, 1.54) is 0 Å². The van der Waals surface area contributed by atoms with E-state index in [-0.39, 0.29) is 30.6 Å². The van der Waals surface area contributed by atoms with Gasteiger partial charge in [0.2, 0.25) is 5.91 Å². The molecule has 1 aromatic carbocycles. The van der Waals surface area contributed by atoms with Crippen LogP contribution < -0.4 is 10.2 Å². The van der Waals surface area contributed by atoms with E-state index in [1.54, 1.807) is 4.90 Å². The third-order valence-corrected chi connectivity index (χ3v) is 4.20.